The Bertz CT molecular complexity index is 1600. The van der Waals surface area contributed by atoms with Gasteiger partial charge in [-0.15, -0.1) is 0 Å². The topological polar surface area (TPSA) is 82.2 Å². The first-order chi connectivity index (χ1) is 24.2. The molecule has 4 aromatic carbocycles. The van der Waals surface area contributed by atoms with Crippen molar-refractivity contribution in [2.75, 3.05) is 46.2 Å². The smallest absolute Gasteiger partial charge is 0.119 e. The summed E-state index contributed by atoms with van der Waals surface area (Å²) in [5.41, 5.74) is 5.96. The Labute approximate surface area is 297 Å². The number of aliphatic hydroxyl groups excluding tert-OH is 1. The van der Waals surface area contributed by atoms with Gasteiger partial charge in [-0.2, -0.15) is 0 Å². The molecule has 0 aromatic heterocycles. The zero-order valence-corrected chi connectivity index (χ0v) is 29.9. The number of aliphatic hydroxyl groups is 1. The fraction of sp³-hybridized carbons (Fsp3) is 0.442. The molecule has 7 nitrogen and oxygen atoms in total. The van der Waals surface area contributed by atoms with Gasteiger partial charge in [-0.05, 0) is 83.5 Å². The van der Waals surface area contributed by atoms with Crippen molar-refractivity contribution >= 4 is 0 Å². The van der Waals surface area contributed by atoms with Crippen LogP contribution in [-0.2, 0) is 31.5 Å². The molecular formula is C43H52O7. The standard InChI is InChI=1S/C43H52O7/c1-42(2,33-14-20-38(21-15-33)47-27-40-29-49-40)32-10-8-31(9-11-32)7-5-6-24-45-25-36(44)26-46-37-18-12-34(13-19-37)43(3,4)35-16-22-39(23-17-35)48-28-41-30-50-41/h8-23,36,40-41,44H,5-7,24-30H2,1-4H3. The molecule has 6 rings (SSSR count). The van der Waals surface area contributed by atoms with Crippen LogP contribution in [0.25, 0.3) is 0 Å². The Morgan fingerprint density at radius 2 is 0.980 bits per heavy atom. The summed E-state index contributed by atoms with van der Waals surface area (Å²) in [6.07, 6.45) is 2.78. The normalized spacial score (nSPS) is 17.6. The monoisotopic (exact) mass is 680 g/mol. The molecule has 1 N–H and O–H groups in total. The van der Waals surface area contributed by atoms with Crippen LogP contribution >= 0.6 is 0 Å². The van der Waals surface area contributed by atoms with Crippen LogP contribution in [0.3, 0.4) is 0 Å². The van der Waals surface area contributed by atoms with Crippen LogP contribution < -0.4 is 14.2 Å². The Kier molecular flexibility index (Phi) is 11.8. The predicted molar refractivity (Wildman–Crippen MR) is 196 cm³/mol. The lowest BCUT2D eigenvalue weighted by Crippen LogP contribution is -2.24. The maximum Gasteiger partial charge on any atom is 0.119 e. The Morgan fingerprint density at radius 3 is 1.40 bits per heavy atom. The van der Waals surface area contributed by atoms with Crippen LogP contribution in [-0.4, -0.2) is 69.7 Å². The van der Waals surface area contributed by atoms with Crippen molar-refractivity contribution in [3.05, 3.63) is 125 Å². The minimum Gasteiger partial charge on any atom is -0.491 e. The molecule has 2 aliphatic heterocycles. The lowest BCUT2D eigenvalue weighted by Gasteiger charge is -2.26. The molecule has 4 aromatic rings. The number of aryl methyl sites for hydroxylation is 1. The minimum atomic E-state index is -0.685. The van der Waals surface area contributed by atoms with E-state index >= 15 is 0 Å². The number of ether oxygens (including phenoxy) is 6. The van der Waals surface area contributed by atoms with Crippen molar-refractivity contribution in [2.45, 2.75) is 76.1 Å². The van der Waals surface area contributed by atoms with E-state index in [0.29, 0.717) is 19.8 Å². The van der Waals surface area contributed by atoms with Crippen molar-refractivity contribution in [1.82, 2.24) is 0 Å². The SMILES string of the molecule is CC(C)(c1ccc(CCCCOCC(O)COc2ccc(C(C)(C)c3ccc(OCC4CO4)cc3)cc2)cc1)c1ccc(OCC2CO2)cc1. The molecule has 2 aliphatic rings. The number of benzene rings is 4. The molecule has 3 atom stereocenters. The highest BCUT2D eigenvalue weighted by atomic mass is 16.6. The van der Waals surface area contributed by atoms with E-state index in [1.165, 1.54) is 27.8 Å². The quantitative estimate of drug-likeness (QED) is 0.0758. The highest BCUT2D eigenvalue weighted by Gasteiger charge is 2.26. The maximum absolute atomic E-state index is 10.4. The van der Waals surface area contributed by atoms with Gasteiger partial charge in [-0.1, -0.05) is 88.4 Å². The molecule has 0 saturated carbocycles. The lowest BCUT2D eigenvalue weighted by molar-refractivity contribution is 0.0111. The predicted octanol–water partition coefficient (Wildman–Crippen LogP) is 7.67. The van der Waals surface area contributed by atoms with E-state index in [-0.39, 0.29) is 36.3 Å². The Morgan fingerprint density at radius 1 is 0.580 bits per heavy atom. The van der Waals surface area contributed by atoms with E-state index in [0.717, 1.165) is 49.7 Å². The largest absolute Gasteiger partial charge is 0.491 e. The highest BCUT2D eigenvalue weighted by Crippen LogP contribution is 2.34. The van der Waals surface area contributed by atoms with Crippen LogP contribution in [0.2, 0.25) is 0 Å². The molecule has 7 heteroatoms. The molecule has 0 aliphatic carbocycles. The van der Waals surface area contributed by atoms with E-state index in [1.807, 2.05) is 36.4 Å². The number of hydrogen-bond donors (Lipinski definition) is 1. The lowest BCUT2D eigenvalue weighted by atomic mass is 9.78. The summed E-state index contributed by atoms with van der Waals surface area (Å²) in [4.78, 5) is 0. The molecule has 50 heavy (non-hydrogen) atoms. The Balaban J connectivity index is 0.853. The molecule has 0 bridgehead atoms. The first kappa shape index (κ1) is 35.9. The van der Waals surface area contributed by atoms with Gasteiger partial charge in [0.25, 0.3) is 0 Å². The first-order valence-corrected chi connectivity index (χ1v) is 18.0. The van der Waals surface area contributed by atoms with Crippen LogP contribution in [0.5, 0.6) is 17.2 Å². The van der Waals surface area contributed by atoms with Crippen LogP contribution in [0.15, 0.2) is 97.1 Å². The molecular weight excluding hydrogens is 628 g/mol. The van der Waals surface area contributed by atoms with Crippen LogP contribution in [0.4, 0.5) is 0 Å². The van der Waals surface area contributed by atoms with E-state index in [1.54, 1.807) is 0 Å². The molecule has 2 saturated heterocycles. The van der Waals surface area contributed by atoms with Crippen LogP contribution in [0.1, 0.15) is 68.4 Å². The van der Waals surface area contributed by atoms with Gasteiger partial charge in [0.2, 0.25) is 0 Å². The first-order valence-electron chi connectivity index (χ1n) is 18.0. The zero-order valence-electron chi connectivity index (χ0n) is 29.9. The summed E-state index contributed by atoms with van der Waals surface area (Å²) in [5, 5.41) is 10.4. The maximum atomic E-state index is 10.4. The summed E-state index contributed by atoms with van der Waals surface area (Å²) in [6.45, 7) is 12.8. The summed E-state index contributed by atoms with van der Waals surface area (Å²) in [7, 11) is 0. The van der Waals surface area contributed by atoms with Gasteiger partial charge in [-0.25, -0.2) is 0 Å². The number of hydrogen-bond acceptors (Lipinski definition) is 7. The van der Waals surface area contributed by atoms with E-state index < -0.39 is 6.10 Å². The van der Waals surface area contributed by atoms with Gasteiger partial charge < -0.3 is 33.5 Å². The van der Waals surface area contributed by atoms with Crippen molar-refractivity contribution in [1.29, 1.82) is 0 Å². The van der Waals surface area contributed by atoms with E-state index in [9.17, 15) is 5.11 Å². The second kappa shape index (κ2) is 16.4. The van der Waals surface area contributed by atoms with Crippen molar-refractivity contribution in [3.8, 4) is 17.2 Å². The molecule has 0 spiro atoms. The van der Waals surface area contributed by atoms with Gasteiger partial charge in [0.1, 0.15) is 55.4 Å². The zero-order chi connectivity index (χ0) is 35.0. The van der Waals surface area contributed by atoms with Crippen molar-refractivity contribution in [2.24, 2.45) is 0 Å². The van der Waals surface area contributed by atoms with Gasteiger partial charge in [0.15, 0.2) is 0 Å². The number of rotatable bonds is 20. The van der Waals surface area contributed by atoms with Gasteiger partial charge in [-0.3, -0.25) is 0 Å². The van der Waals surface area contributed by atoms with Crippen molar-refractivity contribution in [3.63, 3.8) is 0 Å². The van der Waals surface area contributed by atoms with E-state index in [2.05, 4.69) is 88.4 Å². The molecule has 0 amide bonds. The second-order valence-electron chi connectivity index (χ2n) is 14.5. The summed E-state index contributed by atoms with van der Waals surface area (Å²) < 4.78 is 33.7. The van der Waals surface area contributed by atoms with Gasteiger partial charge in [0.05, 0.1) is 19.8 Å². The summed E-state index contributed by atoms with van der Waals surface area (Å²) in [5.74, 6) is 2.47. The third-order valence-corrected chi connectivity index (χ3v) is 9.84. The molecule has 266 valence electrons. The number of unbranched alkanes of at least 4 members (excludes halogenated alkanes) is 1. The molecule has 3 unspecified atom stereocenters. The third kappa shape index (κ3) is 10.1. The van der Waals surface area contributed by atoms with Crippen LogP contribution in [0, 0.1) is 0 Å². The summed E-state index contributed by atoms with van der Waals surface area (Å²) >= 11 is 0. The van der Waals surface area contributed by atoms with Gasteiger partial charge >= 0.3 is 0 Å². The Hall–Kier alpha value is -3.88. The number of epoxide rings is 2. The fourth-order valence-electron chi connectivity index (χ4n) is 6.02. The second-order valence-corrected chi connectivity index (χ2v) is 14.5. The van der Waals surface area contributed by atoms with Crippen molar-refractivity contribution < 1.29 is 33.5 Å². The highest BCUT2D eigenvalue weighted by molar-refractivity contribution is 5.43. The average molecular weight is 681 g/mol. The molecule has 0 radical (unpaired) electrons. The summed E-state index contributed by atoms with van der Waals surface area (Å²) in [6, 6.07) is 33.7. The average Bonchev–Trinajstić information content (AvgIpc) is 4.08. The third-order valence-electron chi connectivity index (χ3n) is 9.84. The minimum absolute atomic E-state index is 0.107. The fourth-order valence-corrected chi connectivity index (χ4v) is 6.02. The van der Waals surface area contributed by atoms with E-state index in [4.69, 9.17) is 28.4 Å². The molecule has 2 fully saturated rings. The van der Waals surface area contributed by atoms with Gasteiger partial charge in [0, 0.05) is 17.4 Å². The molecule has 2 heterocycles.